The number of rotatable bonds is 4. The van der Waals surface area contributed by atoms with Crippen molar-refractivity contribution in [3.05, 3.63) is 66.1 Å². The van der Waals surface area contributed by atoms with Crippen LogP contribution in [0.3, 0.4) is 0 Å². The molecule has 4 rings (SSSR count). The summed E-state index contributed by atoms with van der Waals surface area (Å²) in [6, 6.07) is 12.9. The van der Waals surface area contributed by atoms with Crippen molar-refractivity contribution in [1.82, 2.24) is 24.9 Å². The summed E-state index contributed by atoms with van der Waals surface area (Å²) in [5.74, 6) is 0.669. The highest BCUT2D eigenvalue weighted by Gasteiger charge is 2.08. The Kier molecular flexibility index (Phi) is 4.09. The van der Waals surface area contributed by atoms with E-state index in [4.69, 9.17) is 0 Å². The molecular formula is C17H14N6OS. The number of anilines is 1. The number of carbonyl (C=O) groups is 1. The van der Waals surface area contributed by atoms with Crippen molar-refractivity contribution in [2.75, 3.05) is 5.32 Å². The number of pyridine rings is 1. The van der Waals surface area contributed by atoms with Gasteiger partial charge in [-0.25, -0.2) is 9.78 Å². The second kappa shape index (κ2) is 6.70. The van der Waals surface area contributed by atoms with Crippen LogP contribution >= 0.6 is 11.3 Å². The largest absolute Gasteiger partial charge is 0.331 e. The number of nitrogens with zero attached hydrogens (tertiary/aromatic N) is 4. The second-order valence-electron chi connectivity index (χ2n) is 5.27. The van der Waals surface area contributed by atoms with Gasteiger partial charge in [-0.2, -0.15) is 0 Å². The molecule has 7 nitrogen and oxygen atoms in total. The smallest absolute Gasteiger partial charge is 0.319 e. The molecule has 0 unspecified atom stereocenters. The molecule has 0 bridgehead atoms. The van der Waals surface area contributed by atoms with Gasteiger partial charge in [0.1, 0.15) is 5.01 Å². The summed E-state index contributed by atoms with van der Waals surface area (Å²) < 4.78 is 1.84. The van der Waals surface area contributed by atoms with E-state index >= 15 is 0 Å². The summed E-state index contributed by atoms with van der Waals surface area (Å²) in [7, 11) is 0. The molecule has 0 radical (unpaired) electrons. The van der Waals surface area contributed by atoms with E-state index in [0.717, 1.165) is 16.2 Å². The molecule has 3 aromatic heterocycles. The number of benzene rings is 1. The van der Waals surface area contributed by atoms with Crippen LogP contribution in [-0.4, -0.2) is 25.6 Å². The highest BCUT2D eigenvalue weighted by atomic mass is 32.1. The van der Waals surface area contributed by atoms with Crippen molar-refractivity contribution in [3.8, 4) is 10.6 Å². The van der Waals surface area contributed by atoms with Gasteiger partial charge in [0.25, 0.3) is 0 Å². The summed E-state index contributed by atoms with van der Waals surface area (Å²) in [6.45, 7) is 0.281. The zero-order chi connectivity index (χ0) is 17.1. The lowest BCUT2D eigenvalue weighted by Gasteiger charge is -2.08. The van der Waals surface area contributed by atoms with Crippen LogP contribution < -0.4 is 10.6 Å². The van der Waals surface area contributed by atoms with Crippen LogP contribution in [0.25, 0.3) is 16.2 Å². The van der Waals surface area contributed by atoms with Gasteiger partial charge in [-0.1, -0.05) is 18.2 Å². The Hall–Kier alpha value is -3.26. The number of amides is 2. The van der Waals surface area contributed by atoms with E-state index in [1.807, 2.05) is 58.4 Å². The summed E-state index contributed by atoms with van der Waals surface area (Å²) in [5, 5.41) is 16.6. The number of hydrogen-bond acceptors (Lipinski definition) is 5. The Bertz CT molecular complexity index is 1010. The van der Waals surface area contributed by atoms with E-state index in [2.05, 4.69) is 25.8 Å². The van der Waals surface area contributed by atoms with E-state index in [1.54, 1.807) is 17.5 Å². The van der Waals surface area contributed by atoms with Gasteiger partial charge in [-0.3, -0.25) is 4.40 Å². The van der Waals surface area contributed by atoms with E-state index in [1.165, 1.54) is 0 Å². The molecule has 0 aliphatic rings. The molecule has 0 aliphatic heterocycles. The van der Waals surface area contributed by atoms with Crippen molar-refractivity contribution in [1.29, 1.82) is 0 Å². The van der Waals surface area contributed by atoms with Crippen LogP contribution in [0.1, 0.15) is 5.82 Å². The van der Waals surface area contributed by atoms with Gasteiger partial charge in [-0.05, 0) is 24.3 Å². The summed E-state index contributed by atoms with van der Waals surface area (Å²) in [5.41, 5.74) is 2.42. The number of carbonyl (C=O) groups excluding carboxylic acids is 1. The Labute approximate surface area is 147 Å². The molecule has 2 N–H and O–H groups in total. The lowest BCUT2D eigenvalue weighted by Crippen LogP contribution is -2.29. The minimum Gasteiger partial charge on any atom is -0.331 e. The lowest BCUT2D eigenvalue weighted by molar-refractivity contribution is 0.251. The molecule has 0 spiro atoms. The Morgan fingerprint density at radius 1 is 1.16 bits per heavy atom. The Balaban J connectivity index is 1.42. The maximum absolute atomic E-state index is 12.1. The Morgan fingerprint density at radius 3 is 3.00 bits per heavy atom. The number of nitrogens with one attached hydrogen (secondary N) is 2. The number of urea groups is 1. The molecular weight excluding hydrogens is 336 g/mol. The van der Waals surface area contributed by atoms with Crippen LogP contribution in [0.15, 0.2) is 60.2 Å². The molecule has 3 heterocycles. The van der Waals surface area contributed by atoms with E-state index in [9.17, 15) is 4.79 Å². The fraction of sp³-hybridized carbons (Fsp3) is 0.0588. The van der Waals surface area contributed by atoms with Gasteiger partial charge in [-0.15, -0.1) is 21.5 Å². The quantitative estimate of drug-likeness (QED) is 0.592. The molecule has 25 heavy (non-hydrogen) atoms. The first-order chi connectivity index (χ1) is 12.3. The van der Waals surface area contributed by atoms with Crippen LogP contribution in [0, 0.1) is 0 Å². The first-order valence-corrected chi connectivity index (χ1v) is 8.51. The number of thiazole rings is 1. The molecule has 1 aromatic carbocycles. The van der Waals surface area contributed by atoms with Crippen LogP contribution in [0.5, 0.6) is 0 Å². The fourth-order valence-corrected chi connectivity index (χ4v) is 3.08. The van der Waals surface area contributed by atoms with E-state index in [0.29, 0.717) is 11.5 Å². The first-order valence-electron chi connectivity index (χ1n) is 7.63. The third-order valence-corrected chi connectivity index (χ3v) is 4.41. The zero-order valence-electron chi connectivity index (χ0n) is 13.1. The standard InChI is InChI=1S/C17H14N6OS/c24-17(19-11-15-22-21-14-6-1-2-8-23(14)15)20-13-5-3-4-12(10-13)16-18-7-9-25-16/h1-10H,11H2,(H2,19,20,24). The Morgan fingerprint density at radius 2 is 2.12 bits per heavy atom. The molecule has 124 valence electrons. The predicted molar refractivity (Wildman–Crippen MR) is 96.4 cm³/mol. The monoisotopic (exact) mass is 350 g/mol. The number of fused-ring (bicyclic) bond motifs is 1. The maximum atomic E-state index is 12.1. The molecule has 4 aromatic rings. The van der Waals surface area contributed by atoms with Crippen molar-refractivity contribution in [2.45, 2.75) is 6.54 Å². The molecule has 0 aliphatic carbocycles. The highest BCUT2D eigenvalue weighted by Crippen LogP contribution is 2.24. The third kappa shape index (κ3) is 3.33. The summed E-state index contributed by atoms with van der Waals surface area (Å²) in [4.78, 5) is 16.4. The third-order valence-electron chi connectivity index (χ3n) is 3.59. The van der Waals surface area contributed by atoms with Crippen LogP contribution in [0.2, 0.25) is 0 Å². The summed E-state index contributed by atoms with van der Waals surface area (Å²) >= 11 is 1.56. The van der Waals surface area contributed by atoms with Crippen LogP contribution in [0.4, 0.5) is 10.5 Å². The van der Waals surface area contributed by atoms with Crippen molar-refractivity contribution in [3.63, 3.8) is 0 Å². The zero-order valence-corrected chi connectivity index (χ0v) is 13.9. The van der Waals surface area contributed by atoms with Crippen LogP contribution in [-0.2, 0) is 6.54 Å². The van der Waals surface area contributed by atoms with Gasteiger partial charge < -0.3 is 10.6 Å². The van der Waals surface area contributed by atoms with E-state index < -0.39 is 0 Å². The molecule has 0 atom stereocenters. The van der Waals surface area contributed by atoms with Gasteiger partial charge in [0.2, 0.25) is 0 Å². The molecule has 0 fully saturated rings. The van der Waals surface area contributed by atoms with Gasteiger partial charge in [0.05, 0.1) is 6.54 Å². The maximum Gasteiger partial charge on any atom is 0.319 e. The topological polar surface area (TPSA) is 84.2 Å². The minimum absolute atomic E-state index is 0.281. The van der Waals surface area contributed by atoms with Gasteiger partial charge in [0.15, 0.2) is 11.5 Å². The lowest BCUT2D eigenvalue weighted by atomic mass is 10.2. The van der Waals surface area contributed by atoms with Crippen molar-refractivity contribution in [2.24, 2.45) is 0 Å². The second-order valence-corrected chi connectivity index (χ2v) is 6.17. The molecule has 0 saturated heterocycles. The predicted octanol–water partition coefficient (Wildman–Crippen LogP) is 3.17. The molecule has 0 saturated carbocycles. The fourth-order valence-electron chi connectivity index (χ4n) is 2.44. The normalized spacial score (nSPS) is 10.7. The first kappa shape index (κ1) is 15.3. The van der Waals surface area contributed by atoms with Crippen molar-refractivity contribution >= 4 is 28.7 Å². The SMILES string of the molecule is O=C(NCc1nnc2ccccn12)Nc1cccc(-c2nccs2)c1. The number of aromatic nitrogens is 4. The van der Waals surface area contributed by atoms with E-state index in [-0.39, 0.29) is 12.6 Å². The van der Waals surface area contributed by atoms with Crippen molar-refractivity contribution < 1.29 is 4.79 Å². The average Bonchev–Trinajstić information content (AvgIpc) is 3.30. The van der Waals surface area contributed by atoms with Gasteiger partial charge >= 0.3 is 6.03 Å². The van der Waals surface area contributed by atoms with Gasteiger partial charge in [0, 0.05) is 29.0 Å². The molecule has 2 amide bonds. The molecule has 8 heteroatoms. The highest BCUT2D eigenvalue weighted by molar-refractivity contribution is 7.13. The number of hydrogen-bond donors (Lipinski definition) is 2. The average molecular weight is 350 g/mol. The summed E-state index contributed by atoms with van der Waals surface area (Å²) in [6.07, 6.45) is 3.62. The minimum atomic E-state index is -0.302.